The van der Waals surface area contributed by atoms with Crippen molar-refractivity contribution in [1.82, 2.24) is 14.9 Å². The van der Waals surface area contributed by atoms with Crippen molar-refractivity contribution in [2.24, 2.45) is 5.92 Å². The average molecular weight is 650 g/mol. The summed E-state index contributed by atoms with van der Waals surface area (Å²) in [6, 6.07) is 5.71. The van der Waals surface area contributed by atoms with Crippen LogP contribution in [0.5, 0.6) is 11.5 Å². The van der Waals surface area contributed by atoms with Gasteiger partial charge >= 0.3 is 6.18 Å². The maximum Gasteiger partial charge on any atom is 0.416 e. The molecular formula is C32H38F3N3O6S. The van der Waals surface area contributed by atoms with Crippen LogP contribution >= 0.6 is 0 Å². The number of carbonyl (C=O) groups is 1. The van der Waals surface area contributed by atoms with Gasteiger partial charge in [-0.3, -0.25) is 14.4 Å². The van der Waals surface area contributed by atoms with Gasteiger partial charge in [-0.25, -0.2) is 8.42 Å². The predicted octanol–water partition coefficient (Wildman–Crippen LogP) is 3.98. The number of aliphatic hydroxyl groups is 1. The van der Waals surface area contributed by atoms with Gasteiger partial charge in [-0.15, -0.1) is 0 Å². The van der Waals surface area contributed by atoms with Crippen molar-refractivity contribution >= 4 is 15.9 Å². The first kappa shape index (κ1) is 31.7. The smallest absolute Gasteiger partial charge is 0.416 e. The topological polar surface area (TPSA) is 128 Å². The molecule has 9 nitrogen and oxygen atoms in total. The molecule has 1 saturated heterocycles. The van der Waals surface area contributed by atoms with Gasteiger partial charge in [0.1, 0.15) is 0 Å². The van der Waals surface area contributed by atoms with Crippen LogP contribution in [0.3, 0.4) is 0 Å². The van der Waals surface area contributed by atoms with Crippen molar-refractivity contribution in [2.45, 2.75) is 93.7 Å². The van der Waals surface area contributed by atoms with Gasteiger partial charge in [-0.05, 0) is 102 Å². The molecule has 2 aromatic rings. The summed E-state index contributed by atoms with van der Waals surface area (Å²) in [5.74, 6) is -0.0985. The number of nitrogens with zero attached hydrogens (tertiary/aromatic N) is 1. The summed E-state index contributed by atoms with van der Waals surface area (Å²) in [7, 11) is -4.56. The number of alkyl halides is 3. The Morgan fingerprint density at radius 3 is 2.42 bits per heavy atom. The Balaban J connectivity index is 1.50. The zero-order valence-corrected chi connectivity index (χ0v) is 26.3. The number of amides is 1. The second-order valence-corrected chi connectivity index (χ2v) is 14.9. The monoisotopic (exact) mass is 649 g/mol. The number of nitrogens with one attached hydrogen (secondary N) is 2. The molecular weight excluding hydrogens is 611 g/mol. The third kappa shape index (κ3) is 5.16. The molecule has 2 aliphatic carbocycles. The number of sulfonamides is 1. The first-order chi connectivity index (χ1) is 21.0. The number of rotatable bonds is 8. The number of halogens is 3. The van der Waals surface area contributed by atoms with Crippen molar-refractivity contribution in [3.8, 4) is 11.5 Å². The Morgan fingerprint density at radius 2 is 1.82 bits per heavy atom. The van der Waals surface area contributed by atoms with Gasteiger partial charge in [0.05, 0.1) is 27.2 Å². The molecule has 13 heteroatoms. The predicted molar refractivity (Wildman–Crippen MR) is 159 cm³/mol. The molecule has 244 valence electrons. The van der Waals surface area contributed by atoms with E-state index in [1.54, 1.807) is 26.8 Å². The van der Waals surface area contributed by atoms with Crippen molar-refractivity contribution < 1.29 is 41.3 Å². The molecule has 1 saturated carbocycles. The number of piperidine rings is 1. The van der Waals surface area contributed by atoms with E-state index in [0.29, 0.717) is 43.0 Å². The van der Waals surface area contributed by atoms with Crippen LogP contribution in [0.4, 0.5) is 13.2 Å². The Morgan fingerprint density at radius 1 is 1.16 bits per heavy atom. The third-order valence-electron chi connectivity index (χ3n) is 9.90. The molecule has 6 rings (SSSR count). The van der Waals surface area contributed by atoms with Gasteiger partial charge in [0.15, 0.2) is 17.6 Å². The van der Waals surface area contributed by atoms with E-state index >= 15 is 0 Å². The third-order valence-corrected chi connectivity index (χ3v) is 11.3. The first-order valence-electron chi connectivity index (χ1n) is 15.2. The fourth-order valence-electron chi connectivity index (χ4n) is 7.44. The van der Waals surface area contributed by atoms with E-state index in [4.69, 9.17) is 4.74 Å². The number of fused-ring (bicyclic) bond motifs is 1. The van der Waals surface area contributed by atoms with Crippen molar-refractivity contribution in [2.75, 3.05) is 13.1 Å². The second-order valence-electron chi connectivity index (χ2n) is 13.3. The zero-order valence-electron chi connectivity index (χ0n) is 25.5. The lowest BCUT2D eigenvalue weighted by atomic mass is 9.53. The number of ether oxygens (including phenoxy) is 1. The van der Waals surface area contributed by atoms with E-state index in [1.807, 2.05) is 0 Å². The molecule has 0 radical (unpaired) electrons. The van der Waals surface area contributed by atoms with Crippen LogP contribution < -0.4 is 14.8 Å². The van der Waals surface area contributed by atoms with Gasteiger partial charge in [0.2, 0.25) is 5.91 Å². The highest BCUT2D eigenvalue weighted by molar-refractivity contribution is 7.89. The summed E-state index contributed by atoms with van der Waals surface area (Å²) in [6.45, 7) is 8.02. The number of hydrogen-bond donors (Lipinski definition) is 4. The Hall–Kier alpha value is -3.29. The van der Waals surface area contributed by atoms with Gasteiger partial charge in [-0.1, -0.05) is 6.07 Å². The maximum absolute atomic E-state index is 13.8. The lowest BCUT2D eigenvalue weighted by Crippen LogP contribution is -2.73. The highest BCUT2D eigenvalue weighted by Gasteiger charge is 2.69. The standard InChI is InChI=1S/C32H38F3N3O6S/c1-17(2)36-29(40)18(3)26(37-45(42,43)22-10-8-21(9-11-22)32(33,34)35)28-31-13-14-38(16-19-5-6-19)24(30(31,4)41)15-20-7-12-23(39)27(44-28)25(20)31/h7-12,17,19,24,28,37,39,41H,5-6,13-16H2,1-4H3,(H,36,40)/b26-18-/t24-,28+,30-,31+/m1/s1. The number of hydrogen-bond acceptors (Lipinski definition) is 7. The molecule has 2 aromatic carbocycles. The van der Waals surface area contributed by atoms with Crippen LogP contribution in [0.1, 0.15) is 63.6 Å². The molecule has 2 fully saturated rings. The number of phenolic OH excluding ortho intramolecular Hbond substituents is 1. The fraction of sp³-hybridized carbons (Fsp3) is 0.531. The number of carbonyl (C=O) groups excluding carboxylic acids is 1. The Labute approximate surface area is 260 Å². The summed E-state index contributed by atoms with van der Waals surface area (Å²) in [4.78, 5) is 15.3. The molecule has 2 bridgehead atoms. The van der Waals surface area contributed by atoms with E-state index in [0.717, 1.165) is 37.1 Å². The highest BCUT2D eigenvalue weighted by atomic mass is 32.2. The molecule has 2 heterocycles. The highest BCUT2D eigenvalue weighted by Crippen LogP contribution is 2.63. The summed E-state index contributed by atoms with van der Waals surface area (Å²) >= 11 is 0. The van der Waals surface area contributed by atoms with Crippen LogP contribution in [-0.2, 0) is 32.8 Å². The van der Waals surface area contributed by atoms with Crippen molar-refractivity contribution in [1.29, 1.82) is 0 Å². The maximum atomic E-state index is 13.8. The first-order valence-corrected chi connectivity index (χ1v) is 16.7. The molecule has 0 aromatic heterocycles. The molecule has 4 N–H and O–H groups in total. The molecule has 45 heavy (non-hydrogen) atoms. The summed E-state index contributed by atoms with van der Waals surface area (Å²) in [5.41, 5.74) is -2.52. The Kier molecular flexibility index (Phi) is 7.48. The minimum Gasteiger partial charge on any atom is -0.504 e. The number of benzene rings is 2. The van der Waals surface area contributed by atoms with E-state index in [-0.39, 0.29) is 34.9 Å². The molecule has 2 aliphatic heterocycles. The van der Waals surface area contributed by atoms with E-state index in [1.165, 1.54) is 13.0 Å². The number of aromatic hydroxyl groups is 1. The summed E-state index contributed by atoms with van der Waals surface area (Å²) in [6.07, 6.45) is -2.85. The molecule has 1 amide bonds. The van der Waals surface area contributed by atoms with Crippen LogP contribution in [0.15, 0.2) is 52.6 Å². The normalized spacial score (nSPS) is 28.3. The van der Waals surface area contributed by atoms with Crippen molar-refractivity contribution in [3.63, 3.8) is 0 Å². The summed E-state index contributed by atoms with van der Waals surface area (Å²) in [5, 5.41) is 26.3. The molecule has 4 aliphatic rings. The minimum atomic E-state index is -4.66. The number of phenols is 1. The lowest BCUT2D eigenvalue weighted by Gasteiger charge is -2.60. The van der Waals surface area contributed by atoms with Gasteiger partial charge in [0, 0.05) is 29.8 Å². The SMILES string of the molecule is C/C(C(=O)NC(C)C)=C(/NS(=O)(=O)c1ccc(C(F)(F)F)cc1)[C@@H]1Oc2c(O)ccc3c2[C@@]12CCN(CC1CC1)[C@H](C3)[C@@]2(C)O. The Bertz CT molecular complexity index is 1670. The van der Waals surface area contributed by atoms with Crippen molar-refractivity contribution in [3.05, 3.63) is 64.4 Å². The molecule has 4 atom stereocenters. The van der Waals surface area contributed by atoms with E-state index in [9.17, 15) is 36.6 Å². The molecule has 1 spiro atoms. The van der Waals surface area contributed by atoms with Gasteiger partial charge in [0.25, 0.3) is 10.0 Å². The fourth-order valence-corrected chi connectivity index (χ4v) is 8.60. The van der Waals surface area contributed by atoms with E-state index < -0.39 is 49.7 Å². The second kappa shape index (κ2) is 10.6. The largest absolute Gasteiger partial charge is 0.504 e. The van der Waals surface area contributed by atoms with Crippen LogP contribution in [-0.4, -0.2) is 66.3 Å². The van der Waals surface area contributed by atoms with Gasteiger partial charge in [-0.2, -0.15) is 13.2 Å². The van der Waals surface area contributed by atoms with E-state index in [2.05, 4.69) is 14.9 Å². The lowest BCUT2D eigenvalue weighted by molar-refractivity contribution is -0.150. The van der Waals surface area contributed by atoms with Crippen LogP contribution in [0, 0.1) is 5.92 Å². The number of likely N-dealkylation sites (tertiary alicyclic amines) is 1. The van der Waals surface area contributed by atoms with Crippen LogP contribution in [0.25, 0.3) is 0 Å². The van der Waals surface area contributed by atoms with Crippen LogP contribution in [0.2, 0.25) is 0 Å². The molecule has 0 unspecified atom stereocenters. The summed E-state index contributed by atoms with van der Waals surface area (Å²) < 4.78 is 76.2. The zero-order chi connectivity index (χ0) is 32.7. The van der Waals surface area contributed by atoms with Gasteiger partial charge < -0.3 is 20.3 Å². The average Bonchev–Trinajstić information content (AvgIpc) is 3.69. The minimum absolute atomic E-state index is 0.0364. The quantitative estimate of drug-likeness (QED) is 0.319.